The first-order chi connectivity index (χ1) is 15.0. The van der Waals surface area contributed by atoms with Gasteiger partial charge in [-0.2, -0.15) is 0 Å². The summed E-state index contributed by atoms with van der Waals surface area (Å²) in [6.45, 7) is 2.61. The lowest BCUT2D eigenvalue weighted by atomic mass is 10.1. The molecule has 0 bridgehead atoms. The average molecular weight is 423 g/mol. The van der Waals surface area contributed by atoms with Gasteiger partial charge in [0.1, 0.15) is 11.6 Å². The Bertz CT molecular complexity index is 1140. The molecule has 1 heterocycles. The van der Waals surface area contributed by atoms with Gasteiger partial charge in [-0.15, -0.1) is 0 Å². The van der Waals surface area contributed by atoms with E-state index in [-0.39, 0.29) is 23.8 Å². The molecule has 2 aromatic carbocycles. The fraction of sp³-hybridized carbons (Fsp3) is 0.333. The number of fused-ring (bicyclic) bond motifs is 1. The lowest BCUT2D eigenvalue weighted by molar-refractivity contribution is 0.184. The Kier molecular flexibility index (Phi) is 6.21. The summed E-state index contributed by atoms with van der Waals surface area (Å²) in [7, 11) is 0. The fourth-order valence-corrected chi connectivity index (χ4v) is 4.12. The van der Waals surface area contributed by atoms with Gasteiger partial charge in [-0.3, -0.25) is 4.79 Å². The van der Waals surface area contributed by atoms with Crippen LogP contribution in [0.25, 0.3) is 10.9 Å². The summed E-state index contributed by atoms with van der Waals surface area (Å²) in [6.07, 6.45) is 3.79. The van der Waals surface area contributed by atoms with E-state index >= 15 is 0 Å². The van der Waals surface area contributed by atoms with Gasteiger partial charge in [-0.25, -0.2) is 9.18 Å². The second-order valence-electron chi connectivity index (χ2n) is 7.78. The molecule has 1 aliphatic carbocycles. The minimum Gasteiger partial charge on any atom is -0.494 e. The van der Waals surface area contributed by atoms with Crippen molar-refractivity contribution >= 4 is 22.6 Å². The Morgan fingerprint density at radius 3 is 2.71 bits per heavy atom. The maximum absolute atomic E-state index is 14.1. The van der Waals surface area contributed by atoms with Crippen LogP contribution in [-0.2, 0) is 6.54 Å². The number of benzene rings is 2. The number of nitrogens with one attached hydrogen (secondary N) is 2. The molecule has 31 heavy (non-hydrogen) atoms. The molecule has 0 radical (unpaired) electrons. The molecular weight excluding hydrogens is 397 g/mol. The quantitative estimate of drug-likeness (QED) is 0.583. The largest absolute Gasteiger partial charge is 0.494 e. The van der Waals surface area contributed by atoms with Gasteiger partial charge in [0.2, 0.25) is 0 Å². The van der Waals surface area contributed by atoms with Gasteiger partial charge in [0, 0.05) is 22.5 Å². The molecule has 0 spiro atoms. The second kappa shape index (κ2) is 9.20. The number of aromatic amines is 1. The number of carbonyl (C=O) groups excluding carboxylic acids is 1. The Morgan fingerprint density at radius 2 is 1.97 bits per heavy atom. The Labute approximate surface area is 180 Å². The zero-order valence-corrected chi connectivity index (χ0v) is 17.5. The lowest BCUT2D eigenvalue weighted by Crippen LogP contribution is -2.42. The molecule has 7 heteroatoms. The Morgan fingerprint density at radius 1 is 1.19 bits per heavy atom. The van der Waals surface area contributed by atoms with Crippen molar-refractivity contribution in [2.24, 2.45) is 0 Å². The van der Waals surface area contributed by atoms with Crippen molar-refractivity contribution in [2.45, 2.75) is 45.2 Å². The first kappa shape index (κ1) is 20.9. The highest BCUT2D eigenvalue weighted by Crippen LogP contribution is 2.27. The third-order valence-electron chi connectivity index (χ3n) is 5.69. The van der Waals surface area contributed by atoms with Gasteiger partial charge in [0.25, 0.3) is 5.56 Å². The maximum atomic E-state index is 14.1. The van der Waals surface area contributed by atoms with Gasteiger partial charge >= 0.3 is 6.03 Å². The van der Waals surface area contributed by atoms with Gasteiger partial charge < -0.3 is 19.9 Å². The van der Waals surface area contributed by atoms with Crippen LogP contribution in [0.1, 0.15) is 38.2 Å². The standard InChI is InChI=1S/C24H26FN3O3/c1-2-31-19-11-12-21-16(14-19)13-17(23(29)26-21)15-28(18-7-3-4-8-18)24(30)27-22-10-6-5-9-20(22)25/h5-6,9-14,18H,2-4,7-8,15H2,1H3,(H,26,29)(H,27,30). The zero-order valence-electron chi connectivity index (χ0n) is 17.5. The number of anilines is 1. The number of ether oxygens (including phenoxy) is 1. The number of rotatable bonds is 6. The second-order valence-corrected chi connectivity index (χ2v) is 7.78. The highest BCUT2D eigenvalue weighted by atomic mass is 19.1. The van der Waals surface area contributed by atoms with Crippen molar-refractivity contribution in [3.8, 4) is 5.75 Å². The van der Waals surface area contributed by atoms with Gasteiger partial charge in [0.15, 0.2) is 0 Å². The third kappa shape index (κ3) is 4.71. The van der Waals surface area contributed by atoms with Crippen molar-refractivity contribution in [3.05, 3.63) is 70.3 Å². The first-order valence-electron chi connectivity index (χ1n) is 10.7. The number of aromatic nitrogens is 1. The summed E-state index contributed by atoms with van der Waals surface area (Å²) in [5.41, 5.74) is 1.08. The normalized spacial score (nSPS) is 14.0. The summed E-state index contributed by atoms with van der Waals surface area (Å²) >= 11 is 0. The third-order valence-corrected chi connectivity index (χ3v) is 5.69. The number of H-pyrrole nitrogens is 1. The van der Waals surface area contributed by atoms with Crippen molar-refractivity contribution in [2.75, 3.05) is 11.9 Å². The topological polar surface area (TPSA) is 74.4 Å². The van der Waals surface area contributed by atoms with Crippen LogP contribution in [0.5, 0.6) is 5.75 Å². The van der Waals surface area contributed by atoms with Crippen LogP contribution in [-0.4, -0.2) is 28.6 Å². The molecule has 1 fully saturated rings. The molecular formula is C24H26FN3O3. The van der Waals surface area contributed by atoms with E-state index in [0.717, 1.165) is 36.8 Å². The van der Waals surface area contributed by atoms with Crippen LogP contribution >= 0.6 is 0 Å². The van der Waals surface area contributed by atoms with E-state index < -0.39 is 11.8 Å². The predicted molar refractivity (Wildman–Crippen MR) is 119 cm³/mol. The summed E-state index contributed by atoms with van der Waals surface area (Å²) in [5, 5.41) is 3.50. The number of nitrogens with zero attached hydrogens (tertiary/aromatic N) is 1. The number of halogens is 1. The SMILES string of the molecule is CCOc1ccc2[nH]c(=O)c(CN(C(=O)Nc3ccccc3F)C3CCCC3)cc2c1. The smallest absolute Gasteiger partial charge is 0.322 e. The molecule has 162 valence electrons. The molecule has 4 rings (SSSR count). The van der Waals surface area contributed by atoms with E-state index in [0.29, 0.717) is 17.7 Å². The number of para-hydroxylation sites is 1. The van der Waals surface area contributed by atoms with E-state index in [1.54, 1.807) is 23.1 Å². The van der Waals surface area contributed by atoms with Gasteiger partial charge in [-0.1, -0.05) is 25.0 Å². The number of urea groups is 1. The van der Waals surface area contributed by atoms with Crippen LogP contribution < -0.4 is 15.6 Å². The lowest BCUT2D eigenvalue weighted by Gasteiger charge is -2.29. The van der Waals surface area contributed by atoms with E-state index in [1.807, 2.05) is 25.1 Å². The van der Waals surface area contributed by atoms with Crippen molar-refractivity contribution in [1.82, 2.24) is 9.88 Å². The van der Waals surface area contributed by atoms with Gasteiger partial charge in [-0.05, 0) is 56.2 Å². The zero-order chi connectivity index (χ0) is 21.8. The molecule has 2 amide bonds. The fourth-order valence-electron chi connectivity index (χ4n) is 4.12. The minimum atomic E-state index is -0.491. The van der Waals surface area contributed by atoms with E-state index in [9.17, 15) is 14.0 Å². The van der Waals surface area contributed by atoms with Crippen molar-refractivity contribution < 1.29 is 13.9 Å². The van der Waals surface area contributed by atoms with Gasteiger partial charge in [0.05, 0.1) is 18.8 Å². The molecule has 1 aliphatic rings. The summed E-state index contributed by atoms with van der Waals surface area (Å²) in [4.78, 5) is 30.4. The molecule has 0 aliphatic heterocycles. The van der Waals surface area contributed by atoms with Crippen LogP contribution in [0.15, 0.2) is 53.3 Å². The van der Waals surface area contributed by atoms with Crippen molar-refractivity contribution in [3.63, 3.8) is 0 Å². The molecule has 3 aromatic rings. The molecule has 1 aromatic heterocycles. The molecule has 0 saturated heterocycles. The maximum Gasteiger partial charge on any atom is 0.322 e. The molecule has 1 saturated carbocycles. The number of hydrogen-bond acceptors (Lipinski definition) is 3. The number of hydrogen-bond donors (Lipinski definition) is 2. The van der Waals surface area contributed by atoms with E-state index in [4.69, 9.17) is 4.74 Å². The Balaban J connectivity index is 1.64. The number of pyridine rings is 1. The minimum absolute atomic E-state index is 0.0108. The van der Waals surface area contributed by atoms with E-state index in [1.165, 1.54) is 12.1 Å². The first-order valence-corrected chi connectivity index (χ1v) is 10.7. The van der Waals surface area contributed by atoms with Crippen molar-refractivity contribution in [1.29, 1.82) is 0 Å². The number of carbonyl (C=O) groups is 1. The van der Waals surface area contributed by atoms with Crippen LogP contribution in [0, 0.1) is 5.82 Å². The molecule has 6 nitrogen and oxygen atoms in total. The summed E-state index contributed by atoms with van der Waals surface area (Å²) in [6, 6.07) is 13.0. The Hall–Kier alpha value is -3.35. The summed E-state index contributed by atoms with van der Waals surface area (Å²) < 4.78 is 19.6. The highest BCUT2D eigenvalue weighted by molar-refractivity contribution is 5.89. The van der Waals surface area contributed by atoms with Crippen LogP contribution in [0.4, 0.5) is 14.9 Å². The average Bonchev–Trinajstić information content (AvgIpc) is 3.28. The highest BCUT2D eigenvalue weighted by Gasteiger charge is 2.28. The van der Waals surface area contributed by atoms with Crippen LogP contribution in [0.3, 0.4) is 0 Å². The molecule has 2 N–H and O–H groups in total. The monoisotopic (exact) mass is 423 g/mol. The predicted octanol–water partition coefficient (Wildman–Crippen LogP) is 5.04. The number of amides is 2. The molecule has 0 atom stereocenters. The summed E-state index contributed by atoms with van der Waals surface area (Å²) in [5.74, 6) is 0.229. The molecule has 0 unspecified atom stereocenters. The van der Waals surface area contributed by atoms with E-state index in [2.05, 4.69) is 10.3 Å². The van der Waals surface area contributed by atoms with Crippen LogP contribution in [0.2, 0.25) is 0 Å².